The Morgan fingerprint density at radius 1 is 1.19 bits per heavy atom. The molecular weight excluding hydrogens is 406 g/mol. The minimum atomic E-state index is -0.162. The van der Waals surface area contributed by atoms with Gasteiger partial charge in [-0.15, -0.1) is 0 Å². The Bertz CT molecular complexity index is 943. The second-order valence-electron chi connectivity index (χ2n) is 6.41. The van der Waals surface area contributed by atoms with Crippen molar-refractivity contribution in [1.29, 1.82) is 0 Å². The van der Waals surface area contributed by atoms with Gasteiger partial charge in [0.25, 0.3) is 5.91 Å². The first-order chi connectivity index (χ1) is 13.0. The topological polar surface area (TPSA) is 56.1 Å². The van der Waals surface area contributed by atoms with Crippen molar-refractivity contribution in [3.8, 4) is 11.4 Å². The normalized spacial score (nSPS) is 10.7. The van der Waals surface area contributed by atoms with E-state index >= 15 is 0 Å². The number of ether oxygens (including phenoxy) is 1. The van der Waals surface area contributed by atoms with E-state index in [-0.39, 0.29) is 12.5 Å². The molecule has 0 saturated carbocycles. The smallest absolute Gasteiger partial charge is 0.258 e. The lowest BCUT2D eigenvalue weighted by atomic mass is 10.1. The van der Waals surface area contributed by atoms with Gasteiger partial charge in [-0.3, -0.25) is 4.79 Å². The summed E-state index contributed by atoms with van der Waals surface area (Å²) in [6.07, 6.45) is 3.68. The first-order valence-corrected chi connectivity index (χ1v) is 9.49. The number of amides is 1. The summed E-state index contributed by atoms with van der Waals surface area (Å²) in [6.45, 7) is 6.35. The van der Waals surface area contributed by atoms with Gasteiger partial charge in [0.2, 0.25) is 0 Å². The number of imidazole rings is 1. The Balaban J connectivity index is 1.61. The molecule has 5 nitrogen and oxygen atoms in total. The molecule has 0 fully saturated rings. The van der Waals surface area contributed by atoms with Gasteiger partial charge in [0, 0.05) is 23.4 Å². The van der Waals surface area contributed by atoms with E-state index in [1.165, 1.54) is 0 Å². The highest BCUT2D eigenvalue weighted by atomic mass is 79.9. The molecule has 1 amide bonds. The van der Waals surface area contributed by atoms with Crippen LogP contribution in [0.2, 0.25) is 0 Å². The monoisotopic (exact) mass is 427 g/mol. The molecule has 1 heterocycles. The van der Waals surface area contributed by atoms with Crippen LogP contribution in [0.15, 0.2) is 53.3 Å². The number of nitrogens with zero attached hydrogens (tertiary/aromatic N) is 2. The quantitative estimate of drug-likeness (QED) is 0.639. The van der Waals surface area contributed by atoms with Crippen molar-refractivity contribution in [2.45, 2.75) is 27.3 Å². The van der Waals surface area contributed by atoms with Gasteiger partial charge in [-0.25, -0.2) is 4.98 Å². The standard InChI is InChI=1S/C21H22BrN3O2/c1-14-10-18(11-15(2)21(14)22)27-13-20(26)24-12-17-6-4-5-7-19(17)25-9-8-23-16(25)3/h4-11H,12-13H2,1-3H3,(H,24,26). The molecule has 27 heavy (non-hydrogen) atoms. The molecule has 2 aromatic carbocycles. The van der Waals surface area contributed by atoms with Crippen molar-refractivity contribution in [3.05, 3.63) is 75.8 Å². The molecule has 0 aliphatic rings. The number of aromatic nitrogens is 2. The van der Waals surface area contributed by atoms with Crippen LogP contribution in [-0.2, 0) is 11.3 Å². The first kappa shape index (κ1) is 19.2. The molecule has 0 unspecified atom stereocenters. The third kappa shape index (κ3) is 4.57. The van der Waals surface area contributed by atoms with Gasteiger partial charge in [0.1, 0.15) is 11.6 Å². The second-order valence-corrected chi connectivity index (χ2v) is 7.20. The zero-order chi connectivity index (χ0) is 19.4. The fourth-order valence-electron chi connectivity index (χ4n) is 2.91. The van der Waals surface area contributed by atoms with Crippen LogP contribution in [0.1, 0.15) is 22.5 Å². The molecule has 0 spiro atoms. The van der Waals surface area contributed by atoms with Crippen molar-refractivity contribution in [3.63, 3.8) is 0 Å². The average Bonchev–Trinajstić information content (AvgIpc) is 3.08. The number of carbonyl (C=O) groups excluding carboxylic acids is 1. The lowest BCUT2D eigenvalue weighted by molar-refractivity contribution is -0.123. The number of hydrogen-bond donors (Lipinski definition) is 1. The van der Waals surface area contributed by atoms with E-state index in [1.54, 1.807) is 6.20 Å². The van der Waals surface area contributed by atoms with Crippen LogP contribution in [0.4, 0.5) is 0 Å². The molecule has 0 atom stereocenters. The Kier molecular flexibility index (Phi) is 5.96. The Morgan fingerprint density at radius 2 is 1.89 bits per heavy atom. The number of carbonyl (C=O) groups is 1. The molecule has 6 heteroatoms. The van der Waals surface area contributed by atoms with Crippen LogP contribution in [0, 0.1) is 20.8 Å². The van der Waals surface area contributed by atoms with Crippen LogP contribution in [0.25, 0.3) is 5.69 Å². The molecule has 1 N–H and O–H groups in total. The maximum Gasteiger partial charge on any atom is 0.258 e. The van der Waals surface area contributed by atoms with Crippen molar-refractivity contribution in [2.24, 2.45) is 0 Å². The highest BCUT2D eigenvalue weighted by molar-refractivity contribution is 9.10. The number of benzene rings is 2. The van der Waals surface area contributed by atoms with Crippen LogP contribution in [0.5, 0.6) is 5.75 Å². The molecule has 0 bridgehead atoms. The molecule has 0 aliphatic heterocycles. The van der Waals surface area contributed by atoms with Gasteiger partial charge in [-0.2, -0.15) is 0 Å². The number of rotatable bonds is 6. The Hall–Kier alpha value is -2.60. The van der Waals surface area contributed by atoms with Gasteiger partial charge in [-0.05, 0) is 55.7 Å². The lowest BCUT2D eigenvalue weighted by Crippen LogP contribution is -2.28. The molecule has 0 radical (unpaired) electrons. The number of para-hydroxylation sites is 1. The summed E-state index contributed by atoms with van der Waals surface area (Å²) in [5.41, 5.74) is 4.18. The van der Waals surface area contributed by atoms with E-state index in [4.69, 9.17) is 4.74 Å². The Labute approximate surface area is 167 Å². The maximum atomic E-state index is 12.2. The van der Waals surface area contributed by atoms with E-state index in [9.17, 15) is 4.79 Å². The zero-order valence-electron chi connectivity index (χ0n) is 15.6. The van der Waals surface area contributed by atoms with Gasteiger partial charge < -0.3 is 14.6 Å². The van der Waals surface area contributed by atoms with E-state index in [0.717, 1.165) is 32.7 Å². The highest BCUT2D eigenvalue weighted by Gasteiger charge is 2.09. The third-order valence-corrected chi connectivity index (χ3v) is 5.58. The van der Waals surface area contributed by atoms with Gasteiger partial charge >= 0.3 is 0 Å². The van der Waals surface area contributed by atoms with E-state index in [0.29, 0.717) is 12.3 Å². The Morgan fingerprint density at radius 3 is 2.56 bits per heavy atom. The number of hydrogen-bond acceptors (Lipinski definition) is 3. The van der Waals surface area contributed by atoms with E-state index in [2.05, 4.69) is 26.2 Å². The van der Waals surface area contributed by atoms with Gasteiger partial charge in [0.15, 0.2) is 6.61 Å². The number of aryl methyl sites for hydroxylation is 3. The predicted molar refractivity (Wildman–Crippen MR) is 109 cm³/mol. The number of halogens is 1. The summed E-state index contributed by atoms with van der Waals surface area (Å²) in [5, 5.41) is 2.92. The average molecular weight is 428 g/mol. The summed E-state index contributed by atoms with van der Waals surface area (Å²) in [7, 11) is 0. The van der Waals surface area contributed by atoms with Crippen molar-refractivity contribution >= 4 is 21.8 Å². The summed E-state index contributed by atoms with van der Waals surface area (Å²) in [5.74, 6) is 1.43. The summed E-state index contributed by atoms with van der Waals surface area (Å²) in [4.78, 5) is 16.5. The fraction of sp³-hybridized carbons (Fsp3) is 0.238. The molecule has 3 aromatic rings. The van der Waals surface area contributed by atoms with Gasteiger partial charge in [-0.1, -0.05) is 34.1 Å². The molecule has 0 saturated heterocycles. The fourth-order valence-corrected chi connectivity index (χ4v) is 3.14. The summed E-state index contributed by atoms with van der Waals surface area (Å²) in [6, 6.07) is 11.8. The van der Waals surface area contributed by atoms with Crippen molar-refractivity contribution in [2.75, 3.05) is 6.61 Å². The minimum absolute atomic E-state index is 0.0210. The molecular formula is C21H22BrN3O2. The van der Waals surface area contributed by atoms with Crippen LogP contribution in [0.3, 0.4) is 0 Å². The van der Waals surface area contributed by atoms with Crippen LogP contribution in [-0.4, -0.2) is 22.1 Å². The summed E-state index contributed by atoms with van der Waals surface area (Å²) >= 11 is 3.53. The maximum absolute atomic E-state index is 12.2. The first-order valence-electron chi connectivity index (χ1n) is 8.70. The largest absolute Gasteiger partial charge is 0.484 e. The van der Waals surface area contributed by atoms with Crippen LogP contribution >= 0.6 is 15.9 Å². The lowest BCUT2D eigenvalue weighted by Gasteiger charge is -2.13. The summed E-state index contributed by atoms with van der Waals surface area (Å²) < 4.78 is 8.71. The van der Waals surface area contributed by atoms with Crippen molar-refractivity contribution < 1.29 is 9.53 Å². The third-order valence-electron chi connectivity index (χ3n) is 4.33. The van der Waals surface area contributed by atoms with Crippen molar-refractivity contribution in [1.82, 2.24) is 14.9 Å². The molecule has 140 valence electrons. The molecule has 1 aromatic heterocycles. The second kappa shape index (κ2) is 8.39. The van der Waals surface area contributed by atoms with Gasteiger partial charge in [0.05, 0.1) is 5.69 Å². The van der Waals surface area contributed by atoms with Crippen LogP contribution < -0.4 is 10.1 Å². The number of nitrogens with one attached hydrogen (secondary N) is 1. The highest BCUT2D eigenvalue weighted by Crippen LogP contribution is 2.26. The van der Waals surface area contributed by atoms with E-state index in [1.807, 2.05) is 67.9 Å². The molecule has 0 aliphatic carbocycles. The predicted octanol–water partition coefficient (Wildman–Crippen LogP) is 4.26. The SMILES string of the molecule is Cc1cc(OCC(=O)NCc2ccccc2-n2ccnc2C)cc(C)c1Br. The zero-order valence-corrected chi connectivity index (χ0v) is 17.2. The van der Waals surface area contributed by atoms with E-state index < -0.39 is 0 Å². The molecule has 3 rings (SSSR count). The minimum Gasteiger partial charge on any atom is -0.484 e.